The van der Waals surface area contributed by atoms with Gasteiger partial charge in [0.25, 0.3) is 0 Å². The van der Waals surface area contributed by atoms with Crippen LogP contribution in [0.5, 0.6) is 0 Å². The topological polar surface area (TPSA) is 0 Å². The molecule has 2 unspecified atom stereocenters. The molecule has 0 amide bonds. The van der Waals surface area contributed by atoms with E-state index >= 15 is 0 Å². The molecule has 0 nitrogen and oxygen atoms in total. The molecule has 82 valence electrons. The number of aryl methyl sites for hydroxylation is 1. The molecule has 0 aromatic heterocycles. The smallest absolute Gasteiger partial charge is 0.0214 e. The molecule has 0 bridgehead atoms. The summed E-state index contributed by atoms with van der Waals surface area (Å²) in [5.41, 5.74) is 3.17. The quantitative estimate of drug-likeness (QED) is 0.698. The Balaban J connectivity index is 2.21. The zero-order valence-corrected chi connectivity index (χ0v) is 11.0. The third-order valence-electron chi connectivity index (χ3n) is 3.42. The Bertz CT molecular complexity index is 319. The zero-order valence-electron chi connectivity index (χ0n) is 9.38. The predicted molar refractivity (Wildman–Crippen MR) is 69.7 cm³/mol. The van der Waals surface area contributed by atoms with E-state index in [4.69, 9.17) is 0 Å². The molecule has 0 saturated carbocycles. The van der Waals surface area contributed by atoms with E-state index in [2.05, 4.69) is 47.1 Å². The Morgan fingerprint density at radius 3 is 3.00 bits per heavy atom. The average Bonchev–Trinajstić information content (AvgIpc) is 2.28. The van der Waals surface area contributed by atoms with Crippen molar-refractivity contribution in [1.82, 2.24) is 0 Å². The normalized spacial score (nSPS) is 22.1. The number of hydrogen-bond donors (Lipinski definition) is 0. The molecule has 1 aromatic carbocycles. The van der Waals surface area contributed by atoms with Crippen LogP contribution in [0.1, 0.15) is 49.7 Å². The first-order valence-electron chi connectivity index (χ1n) is 6.04. The lowest BCUT2D eigenvalue weighted by molar-refractivity contribution is 0.518. The largest absolute Gasteiger partial charge is 0.0884 e. The van der Waals surface area contributed by atoms with Gasteiger partial charge in [-0.05, 0) is 42.7 Å². The van der Waals surface area contributed by atoms with Crippen molar-refractivity contribution in [3.05, 3.63) is 35.4 Å². The van der Waals surface area contributed by atoms with Gasteiger partial charge in [0.2, 0.25) is 0 Å². The standard InChI is InChI=1S/C14H19Br/c1-2-6-14(15)13-10-5-8-11-7-3-4-9-12(11)13/h3-4,7,9,13-14H,2,5-6,8,10H2,1H3. The van der Waals surface area contributed by atoms with Gasteiger partial charge in [0.15, 0.2) is 0 Å². The highest BCUT2D eigenvalue weighted by atomic mass is 79.9. The lowest BCUT2D eigenvalue weighted by Crippen LogP contribution is -2.18. The van der Waals surface area contributed by atoms with Gasteiger partial charge in [-0.2, -0.15) is 0 Å². The number of hydrogen-bond acceptors (Lipinski definition) is 0. The number of alkyl halides is 1. The van der Waals surface area contributed by atoms with Crippen LogP contribution in [0.3, 0.4) is 0 Å². The van der Waals surface area contributed by atoms with Crippen molar-refractivity contribution in [3.8, 4) is 0 Å². The van der Waals surface area contributed by atoms with E-state index < -0.39 is 0 Å². The van der Waals surface area contributed by atoms with Crippen molar-refractivity contribution in [3.63, 3.8) is 0 Å². The van der Waals surface area contributed by atoms with Gasteiger partial charge in [0.1, 0.15) is 0 Å². The molecule has 0 heterocycles. The van der Waals surface area contributed by atoms with Crippen LogP contribution in [0.4, 0.5) is 0 Å². The summed E-state index contributed by atoms with van der Waals surface area (Å²) in [5, 5.41) is 0. The van der Waals surface area contributed by atoms with Gasteiger partial charge in [-0.25, -0.2) is 0 Å². The van der Waals surface area contributed by atoms with E-state index in [1.54, 1.807) is 11.1 Å². The predicted octanol–water partition coefficient (Wildman–Crippen LogP) is 4.67. The van der Waals surface area contributed by atoms with E-state index in [0.717, 1.165) is 5.92 Å². The fourth-order valence-electron chi connectivity index (χ4n) is 2.64. The molecule has 0 aliphatic heterocycles. The molecule has 2 atom stereocenters. The van der Waals surface area contributed by atoms with Crippen molar-refractivity contribution in [2.75, 3.05) is 0 Å². The lowest BCUT2D eigenvalue weighted by Gasteiger charge is -2.29. The van der Waals surface area contributed by atoms with Crippen molar-refractivity contribution in [2.24, 2.45) is 0 Å². The summed E-state index contributed by atoms with van der Waals surface area (Å²) >= 11 is 3.87. The molecule has 2 rings (SSSR count). The van der Waals surface area contributed by atoms with Crippen molar-refractivity contribution >= 4 is 15.9 Å². The van der Waals surface area contributed by atoms with Crippen LogP contribution in [-0.4, -0.2) is 4.83 Å². The third kappa shape index (κ3) is 2.44. The zero-order chi connectivity index (χ0) is 10.7. The molecule has 1 heteroatoms. The van der Waals surface area contributed by atoms with Crippen LogP contribution in [0.15, 0.2) is 24.3 Å². The molecule has 1 aromatic rings. The number of rotatable bonds is 3. The Hall–Kier alpha value is -0.300. The maximum Gasteiger partial charge on any atom is 0.0214 e. The summed E-state index contributed by atoms with van der Waals surface area (Å²) in [6.07, 6.45) is 6.55. The Kier molecular flexibility index (Phi) is 3.85. The van der Waals surface area contributed by atoms with E-state index in [-0.39, 0.29) is 0 Å². The Labute approximate surface area is 101 Å². The number of halogens is 1. The van der Waals surface area contributed by atoms with Crippen LogP contribution in [-0.2, 0) is 6.42 Å². The first-order chi connectivity index (χ1) is 7.33. The first kappa shape index (κ1) is 11.2. The van der Waals surface area contributed by atoms with Gasteiger partial charge in [-0.1, -0.05) is 53.5 Å². The molecule has 1 aliphatic rings. The number of benzene rings is 1. The summed E-state index contributed by atoms with van der Waals surface area (Å²) < 4.78 is 0. The minimum atomic E-state index is 0.670. The second kappa shape index (κ2) is 5.16. The highest BCUT2D eigenvalue weighted by Gasteiger charge is 2.25. The van der Waals surface area contributed by atoms with Crippen molar-refractivity contribution in [1.29, 1.82) is 0 Å². The summed E-state index contributed by atoms with van der Waals surface area (Å²) in [6.45, 7) is 2.27. The molecular formula is C14H19Br. The fourth-order valence-corrected chi connectivity index (χ4v) is 3.65. The molecule has 0 N–H and O–H groups in total. The minimum absolute atomic E-state index is 0.670. The highest BCUT2D eigenvalue weighted by Crippen LogP contribution is 2.38. The van der Waals surface area contributed by atoms with Crippen LogP contribution in [0.2, 0.25) is 0 Å². The van der Waals surface area contributed by atoms with Gasteiger partial charge in [-0.15, -0.1) is 0 Å². The van der Waals surface area contributed by atoms with Crippen molar-refractivity contribution < 1.29 is 0 Å². The maximum atomic E-state index is 3.87. The summed E-state index contributed by atoms with van der Waals surface area (Å²) in [7, 11) is 0. The highest BCUT2D eigenvalue weighted by molar-refractivity contribution is 9.09. The maximum absolute atomic E-state index is 3.87. The monoisotopic (exact) mass is 266 g/mol. The molecule has 0 saturated heterocycles. The van der Waals surface area contributed by atoms with Gasteiger partial charge in [0, 0.05) is 4.83 Å². The third-order valence-corrected chi connectivity index (χ3v) is 4.51. The van der Waals surface area contributed by atoms with Crippen LogP contribution in [0.25, 0.3) is 0 Å². The Morgan fingerprint density at radius 1 is 1.40 bits per heavy atom. The van der Waals surface area contributed by atoms with Crippen LogP contribution < -0.4 is 0 Å². The summed E-state index contributed by atoms with van der Waals surface area (Å²) in [4.78, 5) is 0.670. The first-order valence-corrected chi connectivity index (χ1v) is 6.96. The van der Waals surface area contributed by atoms with Crippen LogP contribution >= 0.6 is 15.9 Å². The fraction of sp³-hybridized carbons (Fsp3) is 0.571. The van der Waals surface area contributed by atoms with E-state index in [1.165, 1.54) is 32.1 Å². The van der Waals surface area contributed by atoms with E-state index in [0.29, 0.717) is 4.83 Å². The lowest BCUT2D eigenvalue weighted by atomic mass is 9.80. The second-order valence-corrected chi connectivity index (χ2v) is 5.68. The van der Waals surface area contributed by atoms with Crippen molar-refractivity contribution in [2.45, 2.75) is 49.8 Å². The summed E-state index contributed by atoms with van der Waals surface area (Å²) in [6, 6.07) is 8.98. The molecule has 0 fully saturated rings. The number of fused-ring (bicyclic) bond motifs is 1. The SMILES string of the molecule is CCCC(Br)C1CCCc2ccccc21. The molecule has 1 aliphatic carbocycles. The van der Waals surface area contributed by atoms with Crippen LogP contribution in [0, 0.1) is 0 Å². The van der Waals surface area contributed by atoms with Gasteiger partial charge >= 0.3 is 0 Å². The van der Waals surface area contributed by atoms with Gasteiger partial charge in [-0.3, -0.25) is 0 Å². The second-order valence-electron chi connectivity index (χ2n) is 4.50. The van der Waals surface area contributed by atoms with E-state index in [1.807, 2.05) is 0 Å². The van der Waals surface area contributed by atoms with Gasteiger partial charge in [0.05, 0.1) is 0 Å². The molecule has 0 radical (unpaired) electrons. The van der Waals surface area contributed by atoms with E-state index in [9.17, 15) is 0 Å². The van der Waals surface area contributed by atoms with Gasteiger partial charge < -0.3 is 0 Å². The average molecular weight is 267 g/mol. The summed E-state index contributed by atoms with van der Waals surface area (Å²) in [5.74, 6) is 0.745. The minimum Gasteiger partial charge on any atom is -0.0884 e. The molecule has 15 heavy (non-hydrogen) atoms. The molecular weight excluding hydrogens is 248 g/mol. The molecule has 0 spiro atoms. The Morgan fingerprint density at radius 2 is 2.20 bits per heavy atom.